The second-order valence-corrected chi connectivity index (χ2v) is 4.52. The van der Waals surface area contributed by atoms with Gasteiger partial charge in [-0.25, -0.2) is 4.98 Å². The predicted octanol–water partition coefficient (Wildman–Crippen LogP) is 2.13. The Balaban J connectivity index is 2.22. The topological polar surface area (TPSA) is 53.1 Å². The summed E-state index contributed by atoms with van der Waals surface area (Å²) < 4.78 is 7.11. The predicted molar refractivity (Wildman–Crippen MR) is 71.9 cm³/mol. The molecular weight excluding hydrogens is 250 g/mol. The SMILES string of the molecule is COc1ccc(Cc2nc(CN)cn2C)cc1Cl. The fourth-order valence-electron chi connectivity index (χ4n) is 1.84. The molecule has 1 aromatic heterocycles. The molecule has 1 aromatic carbocycles. The Bertz CT molecular complexity index is 551. The standard InChI is InChI=1S/C13H16ClN3O/c1-17-8-10(7-15)16-13(17)6-9-3-4-12(18-2)11(14)5-9/h3-5,8H,6-7,15H2,1-2H3. The van der Waals surface area contributed by atoms with Gasteiger partial charge in [0.2, 0.25) is 0 Å². The van der Waals surface area contributed by atoms with Crippen molar-refractivity contribution >= 4 is 11.6 Å². The van der Waals surface area contributed by atoms with Gasteiger partial charge in [0.15, 0.2) is 0 Å². The van der Waals surface area contributed by atoms with E-state index in [1.165, 1.54) is 0 Å². The molecule has 0 saturated carbocycles. The lowest BCUT2D eigenvalue weighted by Gasteiger charge is -2.06. The van der Waals surface area contributed by atoms with Crippen molar-refractivity contribution in [3.63, 3.8) is 0 Å². The van der Waals surface area contributed by atoms with Crippen molar-refractivity contribution in [1.82, 2.24) is 9.55 Å². The third-order valence-electron chi connectivity index (χ3n) is 2.81. The first kappa shape index (κ1) is 12.9. The number of halogens is 1. The third-order valence-corrected chi connectivity index (χ3v) is 3.11. The lowest BCUT2D eigenvalue weighted by atomic mass is 10.1. The molecule has 0 unspecified atom stereocenters. The highest BCUT2D eigenvalue weighted by molar-refractivity contribution is 6.32. The molecule has 0 radical (unpaired) electrons. The molecule has 0 aliphatic rings. The number of aryl methyl sites for hydroxylation is 1. The Morgan fingerprint density at radius 3 is 2.78 bits per heavy atom. The number of nitrogens with zero attached hydrogens (tertiary/aromatic N) is 2. The second kappa shape index (κ2) is 5.42. The molecule has 0 aliphatic carbocycles. The minimum atomic E-state index is 0.456. The number of rotatable bonds is 4. The summed E-state index contributed by atoms with van der Waals surface area (Å²) in [6.45, 7) is 0.456. The van der Waals surface area contributed by atoms with E-state index in [2.05, 4.69) is 4.98 Å². The van der Waals surface area contributed by atoms with Crippen LogP contribution < -0.4 is 10.5 Å². The van der Waals surface area contributed by atoms with E-state index in [1.807, 2.05) is 36.0 Å². The highest BCUT2D eigenvalue weighted by Crippen LogP contribution is 2.25. The van der Waals surface area contributed by atoms with Crippen LogP contribution in [0.2, 0.25) is 5.02 Å². The first-order valence-corrected chi connectivity index (χ1v) is 6.05. The van der Waals surface area contributed by atoms with Gasteiger partial charge in [-0.15, -0.1) is 0 Å². The van der Waals surface area contributed by atoms with E-state index in [4.69, 9.17) is 22.1 Å². The van der Waals surface area contributed by atoms with Gasteiger partial charge < -0.3 is 15.0 Å². The summed E-state index contributed by atoms with van der Waals surface area (Å²) in [5.41, 5.74) is 7.56. The summed E-state index contributed by atoms with van der Waals surface area (Å²) in [5.74, 6) is 1.65. The highest BCUT2D eigenvalue weighted by Gasteiger charge is 2.07. The lowest BCUT2D eigenvalue weighted by molar-refractivity contribution is 0.415. The second-order valence-electron chi connectivity index (χ2n) is 4.11. The highest BCUT2D eigenvalue weighted by atomic mass is 35.5. The van der Waals surface area contributed by atoms with Gasteiger partial charge in [-0.05, 0) is 17.7 Å². The molecule has 4 nitrogen and oxygen atoms in total. The van der Waals surface area contributed by atoms with E-state index >= 15 is 0 Å². The molecule has 96 valence electrons. The summed E-state index contributed by atoms with van der Waals surface area (Å²) in [7, 11) is 3.57. The number of methoxy groups -OCH3 is 1. The molecule has 0 bridgehead atoms. The summed E-state index contributed by atoms with van der Waals surface area (Å²) in [5, 5.41) is 0.614. The normalized spacial score (nSPS) is 10.7. The van der Waals surface area contributed by atoms with Crippen LogP contribution in [0.1, 0.15) is 17.1 Å². The summed E-state index contributed by atoms with van der Waals surface area (Å²) in [6, 6.07) is 5.75. The first-order valence-electron chi connectivity index (χ1n) is 5.67. The average molecular weight is 266 g/mol. The molecule has 0 atom stereocenters. The van der Waals surface area contributed by atoms with E-state index in [0.29, 0.717) is 17.3 Å². The number of hydrogen-bond donors (Lipinski definition) is 1. The van der Waals surface area contributed by atoms with Crippen LogP contribution in [0.4, 0.5) is 0 Å². The van der Waals surface area contributed by atoms with E-state index < -0.39 is 0 Å². The Morgan fingerprint density at radius 2 is 2.22 bits per heavy atom. The molecule has 18 heavy (non-hydrogen) atoms. The van der Waals surface area contributed by atoms with Gasteiger partial charge in [0, 0.05) is 26.2 Å². The van der Waals surface area contributed by atoms with Gasteiger partial charge in [0.25, 0.3) is 0 Å². The van der Waals surface area contributed by atoms with Crippen molar-refractivity contribution in [1.29, 1.82) is 0 Å². The Labute approximate surface area is 111 Å². The van der Waals surface area contributed by atoms with Gasteiger partial charge in [-0.2, -0.15) is 0 Å². The van der Waals surface area contributed by atoms with Crippen LogP contribution in [0.25, 0.3) is 0 Å². The van der Waals surface area contributed by atoms with Crippen molar-refractivity contribution in [3.8, 4) is 5.75 Å². The van der Waals surface area contributed by atoms with Gasteiger partial charge in [-0.3, -0.25) is 0 Å². The van der Waals surface area contributed by atoms with Gasteiger partial charge in [-0.1, -0.05) is 17.7 Å². The van der Waals surface area contributed by atoms with Crippen LogP contribution in [0.15, 0.2) is 24.4 Å². The molecule has 0 spiro atoms. The first-order chi connectivity index (χ1) is 8.63. The zero-order chi connectivity index (χ0) is 13.1. The smallest absolute Gasteiger partial charge is 0.137 e. The number of hydrogen-bond acceptors (Lipinski definition) is 3. The third kappa shape index (κ3) is 2.66. The van der Waals surface area contributed by atoms with E-state index in [1.54, 1.807) is 7.11 Å². The molecule has 2 N–H and O–H groups in total. The van der Waals surface area contributed by atoms with Crippen molar-refractivity contribution in [3.05, 3.63) is 46.5 Å². The summed E-state index contributed by atoms with van der Waals surface area (Å²) in [4.78, 5) is 4.46. The van der Waals surface area contributed by atoms with Crippen LogP contribution in [-0.4, -0.2) is 16.7 Å². The number of nitrogens with two attached hydrogens (primary N) is 1. The molecule has 0 aliphatic heterocycles. The van der Waals surface area contributed by atoms with Crippen LogP contribution in [0, 0.1) is 0 Å². The lowest BCUT2D eigenvalue weighted by Crippen LogP contribution is -1.99. The zero-order valence-electron chi connectivity index (χ0n) is 10.5. The maximum Gasteiger partial charge on any atom is 0.137 e. The fraction of sp³-hybridized carbons (Fsp3) is 0.308. The number of imidazole rings is 1. The van der Waals surface area contributed by atoms with Crippen LogP contribution in [0.3, 0.4) is 0 Å². The van der Waals surface area contributed by atoms with Gasteiger partial charge in [0.1, 0.15) is 11.6 Å². The maximum atomic E-state index is 6.10. The Morgan fingerprint density at radius 1 is 1.44 bits per heavy atom. The van der Waals surface area contributed by atoms with Crippen LogP contribution in [-0.2, 0) is 20.0 Å². The maximum absolute atomic E-state index is 6.10. The molecule has 2 rings (SSSR count). The Kier molecular flexibility index (Phi) is 3.89. The number of aromatic nitrogens is 2. The molecule has 5 heteroatoms. The molecule has 1 heterocycles. The van der Waals surface area contributed by atoms with E-state index in [0.717, 1.165) is 23.5 Å². The molecule has 0 saturated heterocycles. The molecule has 2 aromatic rings. The van der Waals surface area contributed by atoms with Gasteiger partial charge >= 0.3 is 0 Å². The minimum Gasteiger partial charge on any atom is -0.495 e. The van der Waals surface area contributed by atoms with E-state index in [9.17, 15) is 0 Å². The molecular formula is C13H16ClN3O. The summed E-state index contributed by atoms with van der Waals surface area (Å²) >= 11 is 6.10. The molecule has 0 fully saturated rings. The van der Waals surface area contributed by atoms with Crippen molar-refractivity contribution in [2.24, 2.45) is 12.8 Å². The minimum absolute atomic E-state index is 0.456. The van der Waals surface area contributed by atoms with Crippen molar-refractivity contribution < 1.29 is 4.74 Å². The quantitative estimate of drug-likeness (QED) is 0.921. The van der Waals surface area contributed by atoms with Gasteiger partial charge in [0.05, 0.1) is 17.8 Å². The van der Waals surface area contributed by atoms with Crippen LogP contribution >= 0.6 is 11.6 Å². The Hall–Kier alpha value is -1.52. The van der Waals surface area contributed by atoms with Crippen molar-refractivity contribution in [2.75, 3.05) is 7.11 Å². The summed E-state index contributed by atoms with van der Waals surface area (Å²) in [6.07, 6.45) is 2.67. The largest absolute Gasteiger partial charge is 0.495 e. The zero-order valence-corrected chi connectivity index (χ0v) is 11.2. The monoisotopic (exact) mass is 265 g/mol. The van der Waals surface area contributed by atoms with Crippen LogP contribution in [0.5, 0.6) is 5.75 Å². The number of benzene rings is 1. The van der Waals surface area contributed by atoms with E-state index in [-0.39, 0.29) is 0 Å². The van der Waals surface area contributed by atoms with Crippen molar-refractivity contribution in [2.45, 2.75) is 13.0 Å². The average Bonchev–Trinajstić information content (AvgIpc) is 2.70. The molecule has 0 amide bonds. The number of ether oxygens (including phenoxy) is 1. The fourth-order valence-corrected chi connectivity index (χ4v) is 2.12.